The SMILES string of the molecule is O=S(=O)(CC(F)(F)F)c1cccc(F)c1. The van der Waals surface area contributed by atoms with Crippen molar-refractivity contribution in [2.24, 2.45) is 0 Å². The van der Waals surface area contributed by atoms with Crippen LogP contribution in [0.2, 0.25) is 0 Å². The highest BCUT2D eigenvalue weighted by molar-refractivity contribution is 7.91. The lowest BCUT2D eigenvalue weighted by Gasteiger charge is -2.07. The molecule has 0 atom stereocenters. The van der Waals surface area contributed by atoms with Gasteiger partial charge in [0.25, 0.3) is 0 Å². The highest BCUT2D eigenvalue weighted by Gasteiger charge is 2.35. The standard InChI is InChI=1S/C8H6F4O2S/c9-6-2-1-3-7(4-6)15(13,14)5-8(10,11)12/h1-4H,5H2. The Morgan fingerprint density at radius 1 is 1.20 bits per heavy atom. The smallest absolute Gasteiger partial charge is 0.223 e. The van der Waals surface area contributed by atoms with E-state index in [1.807, 2.05) is 0 Å². The molecular weight excluding hydrogens is 236 g/mol. The van der Waals surface area contributed by atoms with E-state index in [-0.39, 0.29) is 0 Å². The lowest BCUT2D eigenvalue weighted by Crippen LogP contribution is -2.22. The fourth-order valence-electron chi connectivity index (χ4n) is 0.959. The summed E-state index contributed by atoms with van der Waals surface area (Å²) in [5, 5.41) is 0. The molecule has 0 radical (unpaired) electrons. The van der Waals surface area contributed by atoms with Gasteiger partial charge in [-0.25, -0.2) is 12.8 Å². The zero-order valence-corrected chi connectivity index (χ0v) is 8.07. The Kier molecular flexibility index (Phi) is 3.03. The van der Waals surface area contributed by atoms with Crippen LogP contribution in [0, 0.1) is 5.82 Å². The normalized spacial score (nSPS) is 12.8. The van der Waals surface area contributed by atoms with E-state index in [0.717, 1.165) is 18.2 Å². The second kappa shape index (κ2) is 3.80. The second-order valence-electron chi connectivity index (χ2n) is 2.83. The third kappa shape index (κ3) is 3.50. The van der Waals surface area contributed by atoms with Crippen LogP contribution in [0.5, 0.6) is 0 Å². The monoisotopic (exact) mass is 242 g/mol. The maximum atomic E-state index is 12.6. The van der Waals surface area contributed by atoms with Crippen molar-refractivity contribution in [2.45, 2.75) is 11.1 Å². The minimum atomic E-state index is -4.83. The molecule has 1 rings (SSSR count). The largest absolute Gasteiger partial charge is 0.403 e. The first-order valence-electron chi connectivity index (χ1n) is 3.76. The zero-order valence-electron chi connectivity index (χ0n) is 7.25. The highest BCUT2D eigenvalue weighted by Crippen LogP contribution is 2.22. The molecule has 7 heteroatoms. The summed E-state index contributed by atoms with van der Waals surface area (Å²) in [6.45, 7) is 0. The molecule has 0 aliphatic heterocycles. The Hall–Kier alpha value is -1.11. The van der Waals surface area contributed by atoms with Crippen LogP contribution in [0.1, 0.15) is 0 Å². The van der Waals surface area contributed by atoms with E-state index in [4.69, 9.17) is 0 Å². The number of hydrogen-bond acceptors (Lipinski definition) is 2. The molecule has 0 bridgehead atoms. The summed E-state index contributed by atoms with van der Waals surface area (Å²) < 4.78 is 70.4. The Labute approximate surface area is 83.4 Å². The Bertz CT molecular complexity index is 450. The lowest BCUT2D eigenvalue weighted by molar-refractivity contribution is -0.106. The molecule has 0 fully saturated rings. The molecule has 0 unspecified atom stereocenters. The zero-order chi connectivity index (χ0) is 11.7. The maximum Gasteiger partial charge on any atom is 0.403 e. The van der Waals surface area contributed by atoms with Crippen molar-refractivity contribution in [2.75, 3.05) is 5.75 Å². The summed E-state index contributed by atoms with van der Waals surface area (Å²) in [5.41, 5.74) is 0. The van der Waals surface area contributed by atoms with Gasteiger partial charge in [-0.05, 0) is 18.2 Å². The average molecular weight is 242 g/mol. The summed E-state index contributed by atoms with van der Waals surface area (Å²) in [4.78, 5) is -0.667. The van der Waals surface area contributed by atoms with Crippen LogP contribution in [-0.4, -0.2) is 20.3 Å². The molecule has 0 heterocycles. The summed E-state index contributed by atoms with van der Waals surface area (Å²) in [5.74, 6) is -2.87. The summed E-state index contributed by atoms with van der Waals surface area (Å²) in [6, 6.07) is 3.47. The summed E-state index contributed by atoms with van der Waals surface area (Å²) >= 11 is 0. The number of alkyl halides is 3. The van der Waals surface area contributed by atoms with E-state index < -0.39 is 32.5 Å². The predicted octanol–water partition coefficient (Wildman–Crippen LogP) is 2.16. The van der Waals surface area contributed by atoms with Crippen LogP contribution in [0.3, 0.4) is 0 Å². The minimum Gasteiger partial charge on any atom is -0.223 e. The van der Waals surface area contributed by atoms with Crippen LogP contribution < -0.4 is 0 Å². The van der Waals surface area contributed by atoms with E-state index in [1.165, 1.54) is 0 Å². The van der Waals surface area contributed by atoms with Crippen molar-refractivity contribution < 1.29 is 26.0 Å². The number of hydrogen-bond donors (Lipinski definition) is 0. The fraction of sp³-hybridized carbons (Fsp3) is 0.250. The van der Waals surface area contributed by atoms with E-state index >= 15 is 0 Å². The van der Waals surface area contributed by atoms with Crippen molar-refractivity contribution in [3.63, 3.8) is 0 Å². The number of benzene rings is 1. The molecule has 2 nitrogen and oxygen atoms in total. The molecule has 0 aliphatic rings. The van der Waals surface area contributed by atoms with E-state index in [9.17, 15) is 26.0 Å². The van der Waals surface area contributed by atoms with Gasteiger partial charge in [-0.1, -0.05) is 6.07 Å². The highest BCUT2D eigenvalue weighted by atomic mass is 32.2. The van der Waals surface area contributed by atoms with Gasteiger partial charge in [-0.3, -0.25) is 0 Å². The van der Waals surface area contributed by atoms with Crippen LogP contribution >= 0.6 is 0 Å². The van der Waals surface area contributed by atoms with Gasteiger partial charge < -0.3 is 0 Å². The quantitative estimate of drug-likeness (QED) is 0.745. The van der Waals surface area contributed by atoms with Crippen LogP contribution in [0.25, 0.3) is 0 Å². The summed E-state index contributed by atoms with van der Waals surface area (Å²) in [6.07, 6.45) is -4.83. The molecule has 15 heavy (non-hydrogen) atoms. The Morgan fingerprint density at radius 3 is 2.27 bits per heavy atom. The first kappa shape index (κ1) is 12.0. The molecule has 0 aromatic heterocycles. The van der Waals surface area contributed by atoms with Gasteiger partial charge in [0, 0.05) is 0 Å². The number of halogens is 4. The van der Waals surface area contributed by atoms with Crippen molar-refractivity contribution in [1.29, 1.82) is 0 Å². The Morgan fingerprint density at radius 2 is 1.80 bits per heavy atom. The molecule has 1 aromatic rings. The molecule has 0 N–H and O–H groups in total. The molecule has 0 spiro atoms. The first-order valence-corrected chi connectivity index (χ1v) is 5.41. The lowest BCUT2D eigenvalue weighted by atomic mass is 10.4. The predicted molar refractivity (Wildman–Crippen MR) is 44.5 cm³/mol. The first-order chi connectivity index (χ1) is 6.71. The topological polar surface area (TPSA) is 34.1 Å². The fourth-order valence-corrected chi connectivity index (χ4v) is 2.13. The van der Waals surface area contributed by atoms with Crippen molar-refractivity contribution in [3.8, 4) is 0 Å². The third-order valence-electron chi connectivity index (χ3n) is 1.51. The Balaban J connectivity index is 3.07. The van der Waals surface area contributed by atoms with Crippen molar-refractivity contribution >= 4 is 9.84 Å². The van der Waals surface area contributed by atoms with Gasteiger partial charge >= 0.3 is 6.18 Å². The second-order valence-corrected chi connectivity index (χ2v) is 4.82. The third-order valence-corrected chi connectivity index (χ3v) is 3.19. The molecule has 1 aromatic carbocycles. The van der Waals surface area contributed by atoms with Gasteiger partial charge in [-0.2, -0.15) is 13.2 Å². The number of rotatable bonds is 2. The van der Waals surface area contributed by atoms with Gasteiger partial charge in [-0.15, -0.1) is 0 Å². The molecular formula is C8H6F4O2S. The molecule has 0 amide bonds. The van der Waals surface area contributed by atoms with Crippen LogP contribution in [0.15, 0.2) is 29.2 Å². The molecule has 0 aliphatic carbocycles. The van der Waals surface area contributed by atoms with Gasteiger partial charge in [0.1, 0.15) is 5.82 Å². The average Bonchev–Trinajstić information content (AvgIpc) is 1.99. The van der Waals surface area contributed by atoms with Crippen molar-refractivity contribution in [3.05, 3.63) is 30.1 Å². The van der Waals surface area contributed by atoms with E-state index in [0.29, 0.717) is 6.07 Å². The van der Waals surface area contributed by atoms with Gasteiger partial charge in [0.15, 0.2) is 15.6 Å². The van der Waals surface area contributed by atoms with E-state index in [2.05, 4.69) is 0 Å². The molecule has 0 saturated heterocycles. The maximum absolute atomic E-state index is 12.6. The molecule has 84 valence electrons. The van der Waals surface area contributed by atoms with E-state index in [1.54, 1.807) is 0 Å². The molecule has 0 saturated carbocycles. The minimum absolute atomic E-state index is 0.557. The van der Waals surface area contributed by atoms with Crippen LogP contribution in [0.4, 0.5) is 17.6 Å². The van der Waals surface area contributed by atoms with Gasteiger partial charge in [0.05, 0.1) is 4.90 Å². The summed E-state index contributed by atoms with van der Waals surface area (Å²) in [7, 11) is -4.51. The van der Waals surface area contributed by atoms with Crippen molar-refractivity contribution in [1.82, 2.24) is 0 Å². The number of sulfone groups is 1. The van der Waals surface area contributed by atoms with Crippen LogP contribution in [-0.2, 0) is 9.84 Å². The van der Waals surface area contributed by atoms with Gasteiger partial charge in [0.2, 0.25) is 0 Å².